The van der Waals surface area contributed by atoms with Crippen molar-refractivity contribution in [3.63, 3.8) is 0 Å². The van der Waals surface area contributed by atoms with Crippen LogP contribution in [0.3, 0.4) is 0 Å². The van der Waals surface area contributed by atoms with Gasteiger partial charge in [-0.25, -0.2) is 0 Å². The minimum absolute atomic E-state index is 0.0812. The molecule has 2 rings (SSSR count). The molecule has 3 heteroatoms. The maximum absolute atomic E-state index is 8.74. The fourth-order valence-electron chi connectivity index (χ4n) is 2.34. The fourth-order valence-corrected chi connectivity index (χ4v) is 3.50. The molecule has 0 saturated carbocycles. The standard InChI is InChI=1S/C16H21NOS/c1-13-14(2)19-10-8-17(13)12-16-6-3-5-15(11-16)7-4-9-18/h3,5-6,11,13-14,18H,8-10,12H2,1-2H3. The molecule has 19 heavy (non-hydrogen) atoms. The number of aliphatic hydroxyl groups excluding tert-OH is 1. The van der Waals surface area contributed by atoms with Gasteiger partial charge in [0.05, 0.1) is 0 Å². The molecule has 2 atom stereocenters. The molecular formula is C16H21NOS. The Balaban J connectivity index is 2.06. The monoisotopic (exact) mass is 275 g/mol. The predicted molar refractivity (Wildman–Crippen MR) is 82.2 cm³/mol. The largest absolute Gasteiger partial charge is 0.384 e. The maximum Gasteiger partial charge on any atom is 0.104 e. The summed E-state index contributed by atoms with van der Waals surface area (Å²) < 4.78 is 0. The third-order valence-corrected chi connectivity index (χ3v) is 4.98. The first-order valence-electron chi connectivity index (χ1n) is 6.75. The minimum Gasteiger partial charge on any atom is -0.384 e. The Kier molecular flexibility index (Phi) is 5.33. The average molecular weight is 275 g/mol. The summed E-state index contributed by atoms with van der Waals surface area (Å²) >= 11 is 2.06. The van der Waals surface area contributed by atoms with Crippen LogP contribution in [0.2, 0.25) is 0 Å². The van der Waals surface area contributed by atoms with Crippen molar-refractivity contribution in [3.05, 3.63) is 35.4 Å². The summed E-state index contributed by atoms with van der Waals surface area (Å²) in [6, 6.07) is 8.93. The van der Waals surface area contributed by atoms with E-state index in [9.17, 15) is 0 Å². The van der Waals surface area contributed by atoms with E-state index in [1.54, 1.807) is 0 Å². The molecule has 1 fully saturated rings. The highest BCUT2D eigenvalue weighted by Crippen LogP contribution is 2.25. The van der Waals surface area contributed by atoms with Crippen molar-refractivity contribution >= 4 is 11.8 Å². The van der Waals surface area contributed by atoms with Crippen molar-refractivity contribution in [3.8, 4) is 11.8 Å². The van der Waals surface area contributed by atoms with Crippen LogP contribution in [0.25, 0.3) is 0 Å². The normalized spacial score (nSPS) is 23.7. The topological polar surface area (TPSA) is 23.5 Å². The molecule has 0 spiro atoms. The highest BCUT2D eigenvalue weighted by atomic mass is 32.2. The summed E-state index contributed by atoms with van der Waals surface area (Å²) in [6.45, 7) is 6.68. The van der Waals surface area contributed by atoms with Crippen LogP contribution in [0, 0.1) is 11.8 Å². The van der Waals surface area contributed by atoms with Crippen LogP contribution in [-0.2, 0) is 6.54 Å². The molecule has 1 aliphatic heterocycles. The second kappa shape index (κ2) is 7.00. The third kappa shape index (κ3) is 4.01. The van der Waals surface area contributed by atoms with Gasteiger partial charge in [0.25, 0.3) is 0 Å². The molecule has 1 aliphatic rings. The van der Waals surface area contributed by atoms with Gasteiger partial charge < -0.3 is 5.11 Å². The van der Waals surface area contributed by atoms with E-state index < -0.39 is 0 Å². The van der Waals surface area contributed by atoms with Gasteiger partial charge in [0.2, 0.25) is 0 Å². The summed E-state index contributed by atoms with van der Waals surface area (Å²) in [7, 11) is 0. The lowest BCUT2D eigenvalue weighted by Gasteiger charge is -2.37. The summed E-state index contributed by atoms with van der Waals surface area (Å²) in [5, 5.41) is 9.44. The Hall–Kier alpha value is -0.950. The molecule has 0 bridgehead atoms. The third-order valence-electron chi connectivity index (χ3n) is 3.64. The van der Waals surface area contributed by atoms with Gasteiger partial charge in [-0.1, -0.05) is 30.9 Å². The van der Waals surface area contributed by atoms with Crippen molar-refractivity contribution in [1.82, 2.24) is 4.90 Å². The average Bonchev–Trinajstić information content (AvgIpc) is 2.42. The zero-order valence-corrected chi connectivity index (χ0v) is 12.4. The second-order valence-corrected chi connectivity index (χ2v) is 6.43. The first-order valence-corrected chi connectivity index (χ1v) is 7.80. The number of aliphatic hydroxyl groups is 1. The van der Waals surface area contributed by atoms with Gasteiger partial charge in [-0.3, -0.25) is 4.90 Å². The van der Waals surface area contributed by atoms with Crippen LogP contribution in [0.15, 0.2) is 24.3 Å². The van der Waals surface area contributed by atoms with Crippen molar-refractivity contribution in [2.45, 2.75) is 31.7 Å². The summed E-state index contributed by atoms with van der Waals surface area (Å²) in [6.07, 6.45) is 0. The van der Waals surface area contributed by atoms with E-state index in [0.717, 1.165) is 18.7 Å². The molecule has 1 aromatic rings. The van der Waals surface area contributed by atoms with Gasteiger partial charge in [-0.15, -0.1) is 0 Å². The van der Waals surface area contributed by atoms with Crippen LogP contribution in [0.4, 0.5) is 0 Å². The van der Waals surface area contributed by atoms with Crippen LogP contribution < -0.4 is 0 Å². The molecular weight excluding hydrogens is 254 g/mol. The number of thioether (sulfide) groups is 1. The Morgan fingerprint density at radius 2 is 2.26 bits per heavy atom. The molecule has 0 radical (unpaired) electrons. The smallest absolute Gasteiger partial charge is 0.104 e. The van der Waals surface area contributed by atoms with Gasteiger partial charge in [-0.2, -0.15) is 11.8 Å². The summed E-state index contributed by atoms with van der Waals surface area (Å²) in [5.41, 5.74) is 2.29. The quantitative estimate of drug-likeness (QED) is 0.838. The van der Waals surface area contributed by atoms with E-state index in [1.807, 2.05) is 12.1 Å². The highest BCUT2D eigenvalue weighted by Gasteiger charge is 2.24. The maximum atomic E-state index is 8.74. The van der Waals surface area contributed by atoms with E-state index in [4.69, 9.17) is 5.11 Å². The molecule has 0 aromatic heterocycles. The Bertz CT molecular complexity index is 477. The van der Waals surface area contributed by atoms with Crippen LogP contribution in [0.1, 0.15) is 25.0 Å². The van der Waals surface area contributed by atoms with E-state index in [0.29, 0.717) is 11.3 Å². The van der Waals surface area contributed by atoms with E-state index in [2.05, 4.69) is 54.5 Å². The lowest BCUT2D eigenvalue weighted by Crippen LogP contribution is -2.43. The van der Waals surface area contributed by atoms with Crippen LogP contribution in [-0.4, -0.2) is 40.2 Å². The van der Waals surface area contributed by atoms with Crippen molar-refractivity contribution in [1.29, 1.82) is 0 Å². The Morgan fingerprint density at radius 1 is 1.42 bits per heavy atom. The predicted octanol–water partition coefficient (Wildman–Crippen LogP) is 2.36. The highest BCUT2D eigenvalue weighted by molar-refractivity contribution is 8.00. The van der Waals surface area contributed by atoms with Gasteiger partial charge >= 0.3 is 0 Å². The number of benzene rings is 1. The molecule has 2 nitrogen and oxygen atoms in total. The molecule has 1 aromatic carbocycles. The van der Waals surface area contributed by atoms with Gasteiger partial charge in [0.1, 0.15) is 6.61 Å². The van der Waals surface area contributed by atoms with E-state index in [1.165, 1.54) is 11.3 Å². The number of nitrogens with zero attached hydrogens (tertiary/aromatic N) is 1. The molecule has 1 heterocycles. The van der Waals surface area contributed by atoms with Crippen LogP contribution in [0.5, 0.6) is 0 Å². The lowest BCUT2D eigenvalue weighted by molar-refractivity contribution is 0.204. The molecule has 0 aliphatic carbocycles. The minimum atomic E-state index is -0.0812. The second-order valence-electron chi connectivity index (χ2n) is 4.95. The van der Waals surface area contributed by atoms with Crippen molar-refractivity contribution in [2.75, 3.05) is 18.9 Å². The van der Waals surface area contributed by atoms with Crippen molar-refractivity contribution < 1.29 is 5.11 Å². The first kappa shape index (κ1) is 14.5. The Morgan fingerprint density at radius 3 is 3.05 bits per heavy atom. The van der Waals surface area contributed by atoms with Gasteiger partial charge in [-0.05, 0) is 24.6 Å². The Labute approximate surface area is 120 Å². The molecule has 2 unspecified atom stereocenters. The molecule has 102 valence electrons. The van der Waals surface area contributed by atoms with Crippen LogP contribution >= 0.6 is 11.8 Å². The lowest BCUT2D eigenvalue weighted by atomic mass is 10.1. The van der Waals surface area contributed by atoms with Crippen molar-refractivity contribution in [2.24, 2.45) is 0 Å². The van der Waals surface area contributed by atoms with E-state index >= 15 is 0 Å². The summed E-state index contributed by atoms with van der Waals surface area (Å²) in [5.74, 6) is 6.89. The number of hydrogen-bond acceptors (Lipinski definition) is 3. The van der Waals surface area contributed by atoms with E-state index in [-0.39, 0.29) is 6.61 Å². The number of rotatable bonds is 2. The zero-order chi connectivity index (χ0) is 13.7. The fraction of sp³-hybridized carbons (Fsp3) is 0.500. The number of hydrogen-bond donors (Lipinski definition) is 1. The zero-order valence-electron chi connectivity index (χ0n) is 11.6. The van der Waals surface area contributed by atoms with Gasteiger partial charge in [0.15, 0.2) is 0 Å². The molecule has 1 saturated heterocycles. The molecule has 1 N–H and O–H groups in total. The SMILES string of the molecule is CC1SCCN(Cc2cccc(C#CCO)c2)C1C. The first-order chi connectivity index (χ1) is 9.20. The van der Waals surface area contributed by atoms with Gasteiger partial charge in [0, 0.05) is 35.7 Å². The molecule has 0 amide bonds. The summed E-state index contributed by atoms with van der Waals surface area (Å²) in [4.78, 5) is 2.54.